The highest BCUT2D eigenvalue weighted by atomic mass is 16.5. The smallest absolute Gasteiger partial charge is 0.338 e. The van der Waals surface area contributed by atoms with E-state index in [2.05, 4.69) is 15.3 Å². The molecule has 3 rings (SSSR count). The second-order valence-corrected chi connectivity index (χ2v) is 5.03. The molecule has 1 aromatic carbocycles. The molecular formula is C15H14N4O4. The first-order chi connectivity index (χ1) is 11.1. The molecule has 118 valence electrons. The van der Waals surface area contributed by atoms with Crippen LogP contribution in [0.3, 0.4) is 0 Å². The molecule has 1 atom stereocenters. The number of carbonyl (C=O) groups is 3. The van der Waals surface area contributed by atoms with Crippen molar-refractivity contribution in [1.82, 2.24) is 20.2 Å². The maximum Gasteiger partial charge on any atom is 0.338 e. The zero-order chi connectivity index (χ0) is 16.4. The lowest BCUT2D eigenvalue weighted by Gasteiger charge is -2.18. The summed E-state index contributed by atoms with van der Waals surface area (Å²) in [7, 11) is 0. The number of benzene rings is 1. The molecular weight excluding hydrogens is 300 g/mol. The topological polar surface area (TPSA) is 101 Å². The fourth-order valence-electron chi connectivity index (χ4n) is 2.27. The van der Waals surface area contributed by atoms with Gasteiger partial charge in [0.15, 0.2) is 6.10 Å². The van der Waals surface area contributed by atoms with Gasteiger partial charge in [-0.3, -0.25) is 19.7 Å². The summed E-state index contributed by atoms with van der Waals surface area (Å²) in [6, 6.07) is 4.28. The third kappa shape index (κ3) is 2.96. The van der Waals surface area contributed by atoms with E-state index in [-0.39, 0.29) is 12.1 Å². The van der Waals surface area contributed by atoms with E-state index in [9.17, 15) is 14.4 Å². The van der Waals surface area contributed by atoms with Crippen molar-refractivity contribution in [3.8, 4) is 0 Å². The van der Waals surface area contributed by atoms with Gasteiger partial charge in [0.25, 0.3) is 5.91 Å². The molecule has 0 spiro atoms. The summed E-state index contributed by atoms with van der Waals surface area (Å²) in [6.07, 6.45) is 2.03. The van der Waals surface area contributed by atoms with Gasteiger partial charge in [0.2, 0.25) is 0 Å². The minimum atomic E-state index is -1.05. The van der Waals surface area contributed by atoms with Gasteiger partial charge in [-0.2, -0.15) is 0 Å². The van der Waals surface area contributed by atoms with Crippen LogP contribution in [0.25, 0.3) is 11.0 Å². The number of rotatable bonds is 3. The third-order valence-electron chi connectivity index (χ3n) is 3.46. The lowest BCUT2D eigenvalue weighted by molar-refractivity contribution is -0.136. The first-order valence-corrected chi connectivity index (χ1v) is 7.07. The number of amides is 3. The van der Waals surface area contributed by atoms with E-state index in [0.29, 0.717) is 17.6 Å². The maximum atomic E-state index is 12.2. The van der Waals surface area contributed by atoms with Gasteiger partial charge in [0, 0.05) is 25.5 Å². The number of nitrogens with zero attached hydrogens (tertiary/aromatic N) is 3. The molecule has 0 saturated carbocycles. The van der Waals surface area contributed by atoms with Crippen molar-refractivity contribution >= 4 is 28.9 Å². The van der Waals surface area contributed by atoms with Crippen LogP contribution in [0.4, 0.5) is 4.79 Å². The van der Waals surface area contributed by atoms with Crippen molar-refractivity contribution in [2.75, 3.05) is 13.1 Å². The summed E-state index contributed by atoms with van der Waals surface area (Å²) in [5.41, 5.74) is 1.48. The summed E-state index contributed by atoms with van der Waals surface area (Å²) in [5, 5.41) is 2.52. The Kier molecular flexibility index (Phi) is 3.88. The molecule has 1 saturated heterocycles. The number of carbonyl (C=O) groups excluding carboxylic acids is 3. The first-order valence-electron chi connectivity index (χ1n) is 7.07. The van der Waals surface area contributed by atoms with Crippen LogP contribution in [0.5, 0.6) is 0 Å². The molecule has 1 fully saturated rings. The summed E-state index contributed by atoms with van der Waals surface area (Å²) in [6.45, 7) is 2.10. The van der Waals surface area contributed by atoms with E-state index in [4.69, 9.17) is 4.74 Å². The summed E-state index contributed by atoms with van der Waals surface area (Å²) in [4.78, 5) is 45.0. The van der Waals surface area contributed by atoms with Gasteiger partial charge in [-0.15, -0.1) is 0 Å². The van der Waals surface area contributed by atoms with Crippen LogP contribution in [-0.4, -0.2) is 52.0 Å². The maximum absolute atomic E-state index is 12.2. The van der Waals surface area contributed by atoms with Crippen molar-refractivity contribution in [3.05, 3.63) is 36.2 Å². The van der Waals surface area contributed by atoms with Crippen LogP contribution in [0, 0.1) is 0 Å². The number of urea groups is 1. The number of aromatic nitrogens is 2. The lowest BCUT2D eigenvalue weighted by atomic mass is 10.2. The van der Waals surface area contributed by atoms with Gasteiger partial charge in [-0.1, -0.05) is 0 Å². The van der Waals surface area contributed by atoms with Crippen LogP contribution < -0.4 is 5.32 Å². The minimum absolute atomic E-state index is 0.267. The standard InChI is InChI=1S/C15H14N4O4/c1-9(13(20)19-7-6-18-15(19)22)23-14(21)10-2-3-11-12(8-10)17-5-4-16-11/h2-5,8-9H,6-7H2,1H3,(H,18,22)/t9-/m0/s1. The Morgan fingerprint density at radius 3 is 2.70 bits per heavy atom. The quantitative estimate of drug-likeness (QED) is 0.838. The molecule has 2 aromatic rings. The van der Waals surface area contributed by atoms with Gasteiger partial charge in [-0.25, -0.2) is 9.59 Å². The molecule has 0 bridgehead atoms. The van der Waals surface area contributed by atoms with E-state index in [1.165, 1.54) is 13.1 Å². The highest BCUT2D eigenvalue weighted by Gasteiger charge is 2.31. The highest BCUT2D eigenvalue weighted by Crippen LogP contribution is 2.13. The Labute approximate surface area is 131 Å². The number of hydrogen-bond acceptors (Lipinski definition) is 6. The fraction of sp³-hybridized carbons (Fsp3) is 0.267. The number of imide groups is 1. The fourth-order valence-corrected chi connectivity index (χ4v) is 2.27. The van der Waals surface area contributed by atoms with Gasteiger partial charge in [0.05, 0.1) is 16.6 Å². The molecule has 1 N–H and O–H groups in total. The van der Waals surface area contributed by atoms with Gasteiger partial charge in [0.1, 0.15) is 0 Å². The Morgan fingerprint density at radius 2 is 2.00 bits per heavy atom. The van der Waals surface area contributed by atoms with Gasteiger partial charge < -0.3 is 10.1 Å². The molecule has 0 radical (unpaired) electrons. The van der Waals surface area contributed by atoms with Crippen LogP contribution in [-0.2, 0) is 9.53 Å². The number of hydrogen-bond donors (Lipinski definition) is 1. The first kappa shape index (κ1) is 14.9. The molecule has 1 aliphatic rings. The third-order valence-corrected chi connectivity index (χ3v) is 3.46. The molecule has 1 aliphatic heterocycles. The van der Waals surface area contributed by atoms with Crippen LogP contribution in [0.2, 0.25) is 0 Å². The van der Waals surface area contributed by atoms with Crippen LogP contribution in [0.1, 0.15) is 17.3 Å². The number of fused-ring (bicyclic) bond motifs is 1. The Bertz CT molecular complexity index is 792. The molecule has 0 unspecified atom stereocenters. The van der Waals surface area contributed by atoms with Crippen molar-refractivity contribution in [2.24, 2.45) is 0 Å². The number of esters is 1. The molecule has 0 aliphatic carbocycles. The summed E-state index contributed by atoms with van der Waals surface area (Å²) >= 11 is 0. The summed E-state index contributed by atoms with van der Waals surface area (Å²) < 4.78 is 5.15. The SMILES string of the molecule is C[C@H](OC(=O)c1ccc2nccnc2c1)C(=O)N1CCNC1=O. The number of ether oxygens (including phenoxy) is 1. The largest absolute Gasteiger partial charge is 0.449 e. The average molecular weight is 314 g/mol. The van der Waals surface area contributed by atoms with E-state index < -0.39 is 24.0 Å². The average Bonchev–Trinajstić information content (AvgIpc) is 2.99. The molecule has 8 heteroatoms. The molecule has 2 heterocycles. The second kappa shape index (κ2) is 5.99. The van der Waals surface area contributed by atoms with Crippen LogP contribution >= 0.6 is 0 Å². The van der Waals surface area contributed by atoms with Crippen molar-refractivity contribution in [3.63, 3.8) is 0 Å². The lowest BCUT2D eigenvalue weighted by Crippen LogP contribution is -2.41. The zero-order valence-electron chi connectivity index (χ0n) is 12.4. The predicted octanol–water partition coefficient (Wildman–Crippen LogP) is 0.727. The predicted molar refractivity (Wildman–Crippen MR) is 79.5 cm³/mol. The second-order valence-electron chi connectivity index (χ2n) is 5.03. The van der Waals surface area contributed by atoms with E-state index in [1.807, 2.05) is 0 Å². The van der Waals surface area contributed by atoms with Gasteiger partial charge >= 0.3 is 12.0 Å². The molecule has 3 amide bonds. The molecule has 23 heavy (non-hydrogen) atoms. The highest BCUT2D eigenvalue weighted by molar-refractivity contribution is 6.00. The Balaban J connectivity index is 1.72. The zero-order valence-corrected chi connectivity index (χ0v) is 12.4. The van der Waals surface area contributed by atoms with E-state index in [1.54, 1.807) is 24.4 Å². The molecule has 8 nitrogen and oxygen atoms in total. The summed E-state index contributed by atoms with van der Waals surface area (Å²) in [5.74, 6) is -1.20. The van der Waals surface area contributed by atoms with Crippen LogP contribution in [0.15, 0.2) is 30.6 Å². The van der Waals surface area contributed by atoms with Crippen molar-refractivity contribution in [1.29, 1.82) is 0 Å². The van der Waals surface area contributed by atoms with E-state index in [0.717, 1.165) is 4.90 Å². The molecule has 1 aromatic heterocycles. The Hall–Kier alpha value is -3.03. The van der Waals surface area contributed by atoms with E-state index >= 15 is 0 Å². The monoisotopic (exact) mass is 314 g/mol. The Morgan fingerprint density at radius 1 is 1.26 bits per heavy atom. The van der Waals surface area contributed by atoms with Crippen molar-refractivity contribution < 1.29 is 19.1 Å². The van der Waals surface area contributed by atoms with Crippen molar-refractivity contribution in [2.45, 2.75) is 13.0 Å². The van der Waals surface area contributed by atoms with Gasteiger partial charge in [-0.05, 0) is 25.1 Å². The normalized spacial score (nSPS) is 15.3. The minimum Gasteiger partial charge on any atom is -0.449 e. The number of nitrogens with one attached hydrogen (secondary N) is 1.